The molecule has 0 atom stereocenters. The number of aliphatic hydroxyl groups is 1. The number of nitrogens with one attached hydrogen (secondary N) is 1. The molecule has 0 heterocycles. The molecule has 1 aliphatic rings. The summed E-state index contributed by atoms with van der Waals surface area (Å²) in [6, 6.07) is 7.61. The molecule has 1 aromatic carbocycles. The van der Waals surface area contributed by atoms with E-state index >= 15 is 0 Å². The second-order valence-corrected chi connectivity index (χ2v) is 5.22. The van der Waals surface area contributed by atoms with Gasteiger partial charge in [-0.2, -0.15) is 0 Å². The molecular formula is C14H21N3O2. The lowest BCUT2D eigenvalue weighted by atomic mass is 10.0. The van der Waals surface area contributed by atoms with Crippen LogP contribution in [0.2, 0.25) is 0 Å². The van der Waals surface area contributed by atoms with E-state index in [0.29, 0.717) is 12.0 Å². The monoisotopic (exact) mass is 263 g/mol. The number of hydrogen-bond donors (Lipinski definition) is 4. The Morgan fingerprint density at radius 2 is 2.11 bits per heavy atom. The average molecular weight is 263 g/mol. The molecule has 0 aromatic heterocycles. The predicted molar refractivity (Wildman–Crippen MR) is 74.0 cm³/mol. The molecule has 1 aromatic rings. The van der Waals surface area contributed by atoms with Crippen molar-refractivity contribution in [1.29, 1.82) is 0 Å². The maximum Gasteiger partial charge on any atom is 0.170 e. The van der Waals surface area contributed by atoms with E-state index in [9.17, 15) is 0 Å². The first-order chi connectivity index (χ1) is 9.21. The zero-order valence-electron chi connectivity index (χ0n) is 11.0. The van der Waals surface area contributed by atoms with Crippen LogP contribution in [0.15, 0.2) is 29.4 Å². The van der Waals surface area contributed by atoms with E-state index < -0.39 is 0 Å². The summed E-state index contributed by atoms with van der Waals surface area (Å²) in [5.41, 5.74) is 7.71. The Hall–Kier alpha value is -1.59. The number of rotatable bonds is 7. The van der Waals surface area contributed by atoms with Crippen LogP contribution in [0.5, 0.6) is 0 Å². The first kappa shape index (κ1) is 13.8. The van der Waals surface area contributed by atoms with E-state index in [0.717, 1.165) is 24.1 Å². The summed E-state index contributed by atoms with van der Waals surface area (Å²) in [4.78, 5) is 0. The molecule has 0 aliphatic heterocycles. The second kappa shape index (κ2) is 6.04. The highest BCUT2D eigenvalue weighted by Gasteiger charge is 2.41. The van der Waals surface area contributed by atoms with Gasteiger partial charge in [0.25, 0.3) is 0 Å². The minimum atomic E-state index is 0.133. The fraction of sp³-hybridized carbons (Fsp3) is 0.500. The molecule has 0 saturated heterocycles. The maximum atomic E-state index is 9.02. The van der Waals surface area contributed by atoms with E-state index in [1.807, 2.05) is 24.3 Å². The summed E-state index contributed by atoms with van der Waals surface area (Å²) in [6.45, 7) is 1.83. The molecular weight excluding hydrogens is 242 g/mol. The molecule has 5 heteroatoms. The van der Waals surface area contributed by atoms with E-state index in [4.69, 9.17) is 16.0 Å². The molecule has 0 unspecified atom stereocenters. The zero-order chi connectivity index (χ0) is 13.7. The van der Waals surface area contributed by atoms with Crippen molar-refractivity contribution in [3.8, 4) is 0 Å². The molecule has 19 heavy (non-hydrogen) atoms. The largest absolute Gasteiger partial charge is 0.409 e. The number of nitrogens with zero attached hydrogens (tertiary/aromatic N) is 1. The number of benzene rings is 1. The van der Waals surface area contributed by atoms with Crippen molar-refractivity contribution in [3.63, 3.8) is 0 Å². The third kappa shape index (κ3) is 3.45. The third-order valence-electron chi connectivity index (χ3n) is 3.82. The van der Waals surface area contributed by atoms with Crippen molar-refractivity contribution < 1.29 is 10.3 Å². The van der Waals surface area contributed by atoms with Crippen LogP contribution in [0, 0.1) is 5.41 Å². The molecule has 1 saturated carbocycles. The van der Waals surface area contributed by atoms with Gasteiger partial charge in [0.1, 0.15) is 0 Å². The van der Waals surface area contributed by atoms with Crippen LogP contribution < -0.4 is 11.1 Å². The quantitative estimate of drug-likeness (QED) is 0.256. The lowest BCUT2D eigenvalue weighted by Crippen LogP contribution is -2.26. The molecule has 5 N–H and O–H groups in total. The molecule has 0 bridgehead atoms. The minimum absolute atomic E-state index is 0.133. The Bertz CT molecular complexity index is 456. The summed E-state index contributed by atoms with van der Waals surface area (Å²) < 4.78 is 0. The maximum absolute atomic E-state index is 9.02. The third-order valence-corrected chi connectivity index (χ3v) is 3.82. The highest BCUT2D eigenvalue weighted by molar-refractivity contribution is 5.98. The SMILES string of the molecule is N/C(=N/O)c1ccccc1CNCC1(CCO)CC1. The Kier molecular flexibility index (Phi) is 4.39. The summed E-state index contributed by atoms with van der Waals surface area (Å²) in [5.74, 6) is 0.133. The van der Waals surface area contributed by atoms with E-state index in [-0.39, 0.29) is 12.4 Å². The standard InChI is InChI=1S/C14H21N3O2/c15-13(17-19)12-4-2-1-3-11(12)9-16-10-14(5-6-14)7-8-18/h1-4,16,18-19H,5-10H2,(H2,15,17). The van der Waals surface area contributed by atoms with E-state index in [2.05, 4.69) is 10.5 Å². The van der Waals surface area contributed by atoms with Gasteiger partial charge in [-0.1, -0.05) is 29.4 Å². The van der Waals surface area contributed by atoms with Gasteiger partial charge in [0, 0.05) is 25.3 Å². The first-order valence-corrected chi connectivity index (χ1v) is 6.58. The average Bonchev–Trinajstić information content (AvgIpc) is 3.19. The minimum Gasteiger partial charge on any atom is -0.409 e. The van der Waals surface area contributed by atoms with Crippen molar-refractivity contribution in [3.05, 3.63) is 35.4 Å². The van der Waals surface area contributed by atoms with Crippen LogP contribution in [0.4, 0.5) is 0 Å². The lowest BCUT2D eigenvalue weighted by Gasteiger charge is -2.15. The van der Waals surface area contributed by atoms with Gasteiger partial charge in [0.05, 0.1) is 0 Å². The van der Waals surface area contributed by atoms with Crippen molar-refractivity contribution in [2.45, 2.75) is 25.8 Å². The zero-order valence-corrected chi connectivity index (χ0v) is 11.0. The highest BCUT2D eigenvalue weighted by atomic mass is 16.4. The van der Waals surface area contributed by atoms with Gasteiger partial charge >= 0.3 is 0 Å². The molecule has 0 amide bonds. The molecule has 2 rings (SSSR count). The van der Waals surface area contributed by atoms with Gasteiger partial charge in [-0.15, -0.1) is 0 Å². The molecule has 1 aliphatic carbocycles. The molecule has 0 radical (unpaired) electrons. The number of amidine groups is 1. The Labute approximate surface area is 113 Å². The smallest absolute Gasteiger partial charge is 0.170 e. The summed E-state index contributed by atoms with van der Waals surface area (Å²) in [6.07, 6.45) is 3.23. The van der Waals surface area contributed by atoms with Gasteiger partial charge in [-0.05, 0) is 30.2 Å². The van der Waals surface area contributed by atoms with Gasteiger partial charge in [0.15, 0.2) is 5.84 Å². The number of hydrogen-bond acceptors (Lipinski definition) is 4. The molecule has 1 fully saturated rings. The van der Waals surface area contributed by atoms with Crippen LogP contribution in [0.1, 0.15) is 30.4 Å². The van der Waals surface area contributed by atoms with Crippen molar-refractivity contribution in [2.24, 2.45) is 16.3 Å². The van der Waals surface area contributed by atoms with E-state index in [1.165, 1.54) is 12.8 Å². The van der Waals surface area contributed by atoms with Crippen LogP contribution in [0.3, 0.4) is 0 Å². The fourth-order valence-corrected chi connectivity index (χ4v) is 2.37. The Balaban J connectivity index is 1.93. The second-order valence-electron chi connectivity index (χ2n) is 5.22. The topological polar surface area (TPSA) is 90.9 Å². The lowest BCUT2D eigenvalue weighted by molar-refractivity contribution is 0.245. The number of oxime groups is 1. The van der Waals surface area contributed by atoms with Gasteiger partial charge in [-0.3, -0.25) is 0 Å². The van der Waals surface area contributed by atoms with Crippen LogP contribution in [0.25, 0.3) is 0 Å². The van der Waals surface area contributed by atoms with Gasteiger partial charge in [0.2, 0.25) is 0 Å². The number of nitrogens with two attached hydrogens (primary N) is 1. The predicted octanol–water partition coefficient (Wildman–Crippen LogP) is 1.03. The summed E-state index contributed by atoms with van der Waals surface area (Å²) >= 11 is 0. The van der Waals surface area contributed by atoms with Crippen LogP contribution in [-0.2, 0) is 6.54 Å². The van der Waals surface area contributed by atoms with Crippen molar-refractivity contribution in [2.75, 3.05) is 13.2 Å². The molecule has 104 valence electrons. The fourth-order valence-electron chi connectivity index (χ4n) is 2.37. The molecule has 5 nitrogen and oxygen atoms in total. The van der Waals surface area contributed by atoms with Crippen molar-refractivity contribution in [1.82, 2.24) is 5.32 Å². The van der Waals surface area contributed by atoms with Crippen LogP contribution >= 0.6 is 0 Å². The Morgan fingerprint density at radius 3 is 2.74 bits per heavy atom. The van der Waals surface area contributed by atoms with Gasteiger partial charge < -0.3 is 21.4 Å². The van der Waals surface area contributed by atoms with Gasteiger partial charge in [-0.25, -0.2) is 0 Å². The first-order valence-electron chi connectivity index (χ1n) is 6.58. The highest BCUT2D eigenvalue weighted by Crippen LogP contribution is 2.47. The normalized spacial score (nSPS) is 17.4. The van der Waals surface area contributed by atoms with E-state index in [1.54, 1.807) is 0 Å². The Morgan fingerprint density at radius 1 is 1.37 bits per heavy atom. The molecule has 0 spiro atoms. The number of aliphatic hydroxyl groups excluding tert-OH is 1. The summed E-state index contributed by atoms with van der Waals surface area (Å²) in [7, 11) is 0. The van der Waals surface area contributed by atoms with Crippen molar-refractivity contribution >= 4 is 5.84 Å². The summed E-state index contributed by atoms with van der Waals surface area (Å²) in [5, 5.41) is 24.2. The van der Waals surface area contributed by atoms with Crippen LogP contribution in [-0.4, -0.2) is 29.3 Å².